The predicted molar refractivity (Wildman–Crippen MR) is 108 cm³/mol. The number of ether oxygens (including phenoxy) is 1. The van der Waals surface area contributed by atoms with Gasteiger partial charge in [-0.1, -0.05) is 6.07 Å². The van der Waals surface area contributed by atoms with Crippen molar-refractivity contribution in [1.29, 1.82) is 5.26 Å². The Morgan fingerprint density at radius 3 is 2.96 bits per heavy atom. The summed E-state index contributed by atoms with van der Waals surface area (Å²) in [5.41, 5.74) is 1.02. The lowest BCUT2D eigenvalue weighted by atomic mass is 10.3. The number of carbonyl (C=O) groups excluding carboxylic acids is 1. The Morgan fingerprint density at radius 2 is 2.19 bits per heavy atom. The first-order valence-corrected chi connectivity index (χ1v) is 10.3. The van der Waals surface area contributed by atoms with Crippen molar-refractivity contribution in [2.24, 2.45) is 0 Å². The minimum Gasteiger partial charge on any atom is -0.493 e. The van der Waals surface area contributed by atoms with Crippen LogP contribution in [-0.2, 0) is 0 Å². The van der Waals surface area contributed by atoms with Crippen LogP contribution in [0, 0.1) is 11.3 Å². The van der Waals surface area contributed by atoms with Crippen LogP contribution in [0.25, 0.3) is 9.88 Å². The number of benzene rings is 1. The zero-order chi connectivity index (χ0) is 18.4. The summed E-state index contributed by atoms with van der Waals surface area (Å²) in [6, 6.07) is 11.2. The highest BCUT2D eigenvalue weighted by Gasteiger charge is 2.13. The van der Waals surface area contributed by atoms with Gasteiger partial charge in [-0.15, -0.1) is 22.7 Å². The molecule has 0 aliphatic rings. The standard InChI is InChI=1S/C18H14BrN3O2S2/c19-12-8-16(25-10-12)18-22-15(11-26-18)17(23)21-13-4-3-5-14(9-13)24-7-2-1-6-20/h3-5,8-11H,1-2,7H2,(H,21,23). The number of thiazole rings is 1. The van der Waals surface area contributed by atoms with E-state index in [0.717, 1.165) is 14.4 Å². The summed E-state index contributed by atoms with van der Waals surface area (Å²) in [7, 11) is 0. The molecule has 0 saturated heterocycles. The Hall–Kier alpha value is -2.21. The van der Waals surface area contributed by atoms with Crippen LogP contribution in [0.1, 0.15) is 23.3 Å². The van der Waals surface area contributed by atoms with Gasteiger partial charge in [0.05, 0.1) is 17.6 Å². The van der Waals surface area contributed by atoms with Crippen molar-refractivity contribution in [1.82, 2.24) is 4.98 Å². The minimum atomic E-state index is -0.259. The molecule has 0 aliphatic heterocycles. The number of amides is 1. The first-order valence-electron chi connectivity index (χ1n) is 7.77. The molecule has 0 bridgehead atoms. The third kappa shape index (κ3) is 4.91. The van der Waals surface area contributed by atoms with Gasteiger partial charge in [-0.3, -0.25) is 4.79 Å². The number of unbranched alkanes of at least 4 members (excludes halogenated alkanes) is 1. The van der Waals surface area contributed by atoms with Crippen LogP contribution in [0.2, 0.25) is 0 Å². The second-order valence-electron chi connectivity index (χ2n) is 5.26. The van der Waals surface area contributed by atoms with E-state index < -0.39 is 0 Å². The van der Waals surface area contributed by atoms with Crippen molar-refractivity contribution in [3.05, 3.63) is 51.3 Å². The largest absolute Gasteiger partial charge is 0.493 e. The molecule has 8 heteroatoms. The second-order valence-corrected chi connectivity index (χ2v) is 7.94. The van der Waals surface area contributed by atoms with Gasteiger partial charge in [0.1, 0.15) is 16.5 Å². The molecular weight excluding hydrogens is 434 g/mol. The number of hydrogen-bond acceptors (Lipinski definition) is 6. The summed E-state index contributed by atoms with van der Waals surface area (Å²) in [5, 5.41) is 15.9. The molecule has 26 heavy (non-hydrogen) atoms. The van der Waals surface area contributed by atoms with Gasteiger partial charge in [-0.2, -0.15) is 5.26 Å². The van der Waals surface area contributed by atoms with E-state index in [4.69, 9.17) is 10.00 Å². The maximum Gasteiger partial charge on any atom is 0.275 e. The molecule has 2 aromatic heterocycles. The van der Waals surface area contributed by atoms with Crippen LogP contribution in [0.15, 0.2) is 45.6 Å². The summed E-state index contributed by atoms with van der Waals surface area (Å²) in [6.45, 7) is 0.469. The van der Waals surface area contributed by atoms with Crippen LogP contribution in [0.5, 0.6) is 5.75 Å². The van der Waals surface area contributed by atoms with E-state index in [9.17, 15) is 4.79 Å². The van der Waals surface area contributed by atoms with E-state index in [-0.39, 0.29) is 5.91 Å². The minimum absolute atomic E-state index is 0.259. The molecule has 0 aliphatic carbocycles. The van der Waals surface area contributed by atoms with Crippen molar-refractivity contribution >= 4 is 50.2 Å². The fourth-order valence-corrected chi connectivity index (χ4v) is 4.42. The summed E-state index contributed by atoms with van der Waals surface area (Å²) < 4.78 is 6.59. The lowest BCUT2D eigenvalue weighted by Gasteiger charge is -2.08. The van der Waals surface area contributed by atoms with E-state index >= 15 is 0 Å². The van der Waals surface area contributed by atoms with E-state index in [2.05, 4.69) is 32.3 Å². The fourth-order valence-electron chi connectivity index (χ4n) is 2.12. The monoisotopic (exact) mass is 447 g/mol. The van der Waals surface area contributed by atoms with Crippen LogP contribution in [0.4, 0.5) is 5.69 Å². The van der Waals surface area contributed by atoms with E-state index in [1.54, 1.807) is 28.8 Å². The van der Waals surface area contributed by atoms with Crippen molar-refractivity contribution in [2.75, 3.05) is 11.9 Å². The Morgan fingerprint density at radius 1 is 1.31 bits per heavy atom. The second kappa shape index (κ2) is 8.94. The summed E-state index contributed by atoms with van der Waals surface area (Å²) in [6.07, 6.45) is 1.14. The van der Waals surface area contributed by atoms with Gasteiger partial charge in [0.2, 0.25) is 0 Å². The first kappa shape index (κ1) is 18.6. The molecule has 0 atom stereocenters. The summed E-state index contributed by atoms with van der Waals surface area (Å²) in [4.78, 5) is 17.9. The lowest BCUT2D eigenvalue weighted by Crippen LogP contribution is -2.12. The molecule has 3 rings (SSSR count). The molecule has 0 saturated carbocycles. The number of carbonyl (C=O) groups is 1. The lowest BCUT2D eigenvalue weighted by molar-refractivity contribution is 0.102. The Labute approximate surface area is 167 Å². The van der Waals surface area contributed by atoms with Crippen LogP contribution in [-0.4, -0.2) is 17.5 Å². The molecule has 3 aromatic rings. The Balaban J connectivity index is 1.63. The van der Waals surface area contributed by atoms with Crippen molar-refractivity contribution in [2.45, 2.75) is 12.8 Å². The highest BCUT2D eigenvalue weighted by atomic mass is 79.9. The maximum atomic E-state index is 12.4. The van der Waals surface area contributed by atoms with Gasteiger partial charge in [0.15, 0.2) is 0 Å². The van der Waals surface area contributed by atoms with Gasteiger partial charge in [-0.05, 0) is 40.5 Å². The molecule has 0 spiro atoms. The number of halogens is 1. The molecule has 1 aromatic carbocycles. The molecule has 1 N–H and O–H groups in total. The smallest absolute Gasteiger partial charge is 0.275 e. The van der Waals surface area contributed by atoms with E-state index in [0.29, 0.717) is 36.6 Å². The molecule has 0 radical (unpaired) electrons. The van der Waals surface area contributed by atoms with Crippen molar-refractivity contribution in [3.8, 4) is 21.7 Å². The molecule has 1 amide bonds. The topological polar surface area (TPSA) is 75.0 Å². The Kier molecular flexibility index (Phi) is 6.39. The maximum absolute atomic E-state index is 12.4. The van der Waals surface area contributed by atoms with Gasteiger partial charge < -0.3 is 10.1 Å². The highest BCUT2D eigenvalue weighted by Crippen LogP contribution is 2.32. The average molecular weight is 448 g/mol. The number of rotatable bonds is 7. The zero-order valence-corrected chi connectivity index (χ0v) is 16.8. The van der Waals surface area contributed by atoms with Gasteiger partial charge in [0, 0.05) is 33.4 Å². The average Bonchev–Trinajstić information content (AvgIpc) is 3.28. The number of nitriles is 1. The zero-order valence-electron chi connectivity index (χ0n) is 13.6. The number of thiophene rings is 1. The SMILES string of the molecule is N#CCCCOc1cccc(NC(=O)c2csc(-c3cc(Br)cs3)n2)c1. The van der Waals surface area contributed by atoms with Gasteiger partial charge in [0.25, 0.3) is 5.91 Å². The third-order valence-electron chi connectivity index (χ3n) is 3.31. The number of nitrogens with one attached hydrogen (secondary N) is 1. The molecule has 132 valence electrons. The fraction of sp³-hybridized carbons (Fsp3) is 0.167. The number of hydrogen-bond donors (Lipinski definition) is 1. The number of anilines is 1. The van der Waals surface area contributed by atoms with Crippen LogP contribution in [0.3, 0.4) is 0 Å². The molecular formula is C18H14BrN3O2S2. The molecule has 0 fully saturated rings. The molecule has 0 unspecified atom stereocenters. The highest BCUT2D eigenvalue weighted by molar-refractivity contribution is 9.10. The quantitative estimate of drug-likeness (QED) is 0.480. The van der Waals surface area contributed by atoms with Crippen molar-refractivity contribution in [3.63, 3.8) is 0 Å². The van der Waals surface area contributed by atoms with Crippen LogP contribution >= 0.6 is 38.6 Å². The predicted octanol–water partition coefficient (Wildman–Crippen LogP) is 5.57. The van der Waals surface area contributed by atoms with Crippen molar-refractivity contribution < 1.29 is 9.53 Å². The normalized spacial score (nSPS) is 10.3. The van der Waals surface area contributed by atoms with Gasteiger partial charge >= 0.3 is 0 Å². The number of aromatic nitrogens is 1. The van der Waals surface area contributed by atoms with Gasteiger partial charge in [-0.25, -0.2) is 4.98 Å². The summed E-state index contributed by atoms with van der Waals surface area (Å²) >= 11 is 6.44. The van der Waals surface area contributed by atoms with E-state index in [1.807, 2.05) is 23.6 Å². The Bertz CT molecular complexity index is 946. The first-order chi connectivity index (χ1) is 12.7. The number of nitrogens with zero attached hydrogens (tertiary/aromatic N) is 2. The third-order valence-corrected chi connectivity index (χ3v) is 6.01. The van der Waals surface area contributed by atoms with Crippen LogP contribution < -0.4 is 10.1 Å². The summed E-state index contributed by atoms with van der Waals surface area (Å²) in [5.74, 6) is 0.396. The molecule has 5 nitrogen and oxygen atoms in total. The molecule has 2 heterocycles. The van der Waals surface area contributed by atoms with E-state index in [1.165, 1.54) is 11.3 Å².